The summed E-state index contributed by atoms with van der Waals surface area (Å²) < 4.78 is 0. The smallest absolute Gasteiger partial charge is 0.0519 e. The van der Waals surface area contributed by atoms with Crippen LogP contribution in [-0.2, 0) is 0 Å². The molecule has 4 heteroatoms. The van der Waals surface area contributed by atoms with Crippen molar-refractivity contribution in [3.63, 3.8) is 0 Å². The lowest BCUT2D eigenvalue weighted by Crippen LogP contribution is -2.53. The van der Waals surface area contributed by atoms with Crippen LogP contribution in [0, 0.1) is 0 Å². The number of benzene rings is 1. The first kappa shape index (κ1) is 17.1. The summed E-state index contributed by atoms with van der Waals surface area (Å²) in [6.07, 6.45) is 3.66. The molecule has 0 aliphatic carbocycles. The highest BCUT2D eigenvalue weighted by Crippen LogP contribution is 2.39. The zero-order valence-corrected chi connectivity index (χ0v) is 14.8. The molecule has 0 amide bonds. The van der Waals surface area contributed by atoms with Gasteiger partial charge in [-0.1, -0.05) is 37.0 Å². The van der Waals surface area contributed by atoms with Crippen LogP contribution in [0.25, 0.3) is 0 Å². The van der Waals surface area contributed by atoms with Crippen molar-refractivity contribution < 1.29 is 0 Å². The lowest BCUT2D eigenvalue weighted by Gasteiger charge is -2.45. The van der Waals surface area contributed by atoms with Crippen molar-refractivity contribution in [1.29, 1.82) is 0 Å². The quantitative estimate of drug-likeness (QED) is 0.798. The van der Waals surface area contributed by atoms with E-state index >= 15 is 0 Å². The lowest BCUT2D eigenvalue weighted by molar-refractivity contribution is 0.0847. The van der Waals surface area contributed by atoms with Gasteiger partial charge >= 0.3 is 0 Å². The molecule has 1 heterocycles. The number of rotatable bonds is 6. The van der Waals surface area contributed by atoms with Crippen molar-refractivity contribution in [3.05, 3.63) is 33.8 Å². The lowest BCUT2D eigenvalue weighted by atomic mass is 9.83. The Morgan fingerprint density at radius 1 is 1.24 bits per heavy atom. The Hall–Kier alpha value is -0.280. The van der Waals surface area contributed by atoms with Gasteiger partial charge in [0.25, 0.3) is 0 Å². The monoisotopic (exact) mass is 328 g/mol. The van der Waals surface area contributed by atoms with E-state index < -0.39 is 0 Å². The molecule has 1 aromatic rings. The van der Waals surface area contributed by atoms with Gasteiger partial charge in [0.1, 0.15) is 0 Å². The summed E-state index contributed by atoms with van der Waals surface area (Å²) in [7, 11) is 0. The highest BCUT2D eigenvalue weighted by atomic mass is 35.5. The van der Waals surface area contributed by atoms with Crippen molar-refractivity contribution in [2.45, 2.75) is 51.6 Å². The standard InChI is InChI=1S/C17H26Cl2N2/c1-4-17(3,21-10-6-7-11-21)16(20-5-2)14-12-13(18)8-9-15(14)19/h8-9,12,16,20H,4-7,10-11H2,1-3H3. The maximum Gasteiger partial charge on any atom is 0.0519 e. The second-order valence-electron chi connectivity index (χ2n) is 6.06. The van der Waals surface area contributed by atoms with Crippen LogP contribution in [0.4, 0.5) is 0 Å². The van der Waals surface area contributed by atoms with E-state index in [1.165, 1.54) is 25.9 Å². The van der Waals surface area contributed by atoms with Crippen molar-refractivity contribution in [2.75, 3.05) is 19.6 Å². The van der Waals surface area contributed by atoms with Gasteiger partial charge in [-0.25, -0.2) is 0 Å². The Bertz CT molecular complexity index is 472. The second kappa shape index (κ2) is 7.32. The summed E-state index contributed by atoms with van der Waals surface area (Å²) in [6.45, 7) is 10.0. The molecule has 2 atom stereocenters. The fraction of sp³-hybridized carbons (Fsp3) is 0.647. The Labute approximate surface area is 138 Å². The SMILES string of the molecule is CCNC(c1cc(Cl)ccc1Cl)C(C)(CC)N1CCCC1. The molecule has 1 aliphatic rings. The number of nitrogens with zero attached hydrogens (tertiary/aromatic N) is 1. The van der Waals surface area contributed by atoms with Gasteiger partial charge in [0.15, 0.2) is 0 Å². The predicted molar refractivity (Wildman–Crippen MR) is 92.4 cm³/mol. The van der Waals surface area contributed by atoms with Gasteiger partial charge < -0.3 is 5.32 Å². The molecule has 1 saturated heterocycles. The van der Waals surface area contributed by atoms with Crippen LogP contribution in [-0.4, -0.2) is 30.1 Å². The molecule has 118 valence electrons. The van der Waals surface area contributed by atoms with E-state index in [4.69, 9.17) is 23.2 Å². The van der Waals surface area contributed by atoms with Gasteiger partial charge in [-0.2, -0.15) is 0 Å². The van der Waals surface area contributed by atoms with Crippen LogP contribution in [0.2, 0.25) is 10.0 Å². The number of likely N-dealkylation sites (N-methyl/N-ethyl adjacent to an activating group) is 1. The number of hydrogen-bond acceptors (Lipinski definition) is 2. The highest BCUT2D eigenvalue weighted by Gasteiger charge is 2.40. The van der Waals surface area contributed by atoms with E-state index in [-0.39, 0.29) is 11.6 Å². The Kier molecular flexibility index (Phi) is 5.96. The maximum atomic E-state index is 6.48. The van der Waals surface area contributed by atoms with E-state index in [1.54, 1.807) is 0 Å². The van der Waals surface area contributed by atoms with E-state index in [2.05, 4.69) is 31.0 Å². The number of likely N-dealkylation sites (tertiary alicyclic amines) is 1. The number of nitrogens with one attached hydrogen (secondary N) is 1. The average Bonchev–Trinajstić information content (AvgIpc) is 3.01. The maximum absolute atomic E-state index is 6.48. The van der Waals surface area contributed by atoms with Gasteiger partial charge in [-0.3, -0.25) is 4.90 Å². The first-order chi connectivity index (χ1) is 10.0. The largest absolute Gasteiger partial charge is 0.309 e. The highest BCUT2D eigenvalue weighted by molar-refractivity contribution is 6.33. The molecule has 0 bridgehead atoms. The minimum Gasteiger partial charge on any atom is -0.309 e. The van der Waals surface area contributed by atoms with Crippen molar-refractivity contribution >= 4 is 23.2 Å². The Balaban J connectivity index is 2.42. The third-order valence-electron chi connectivity index (χ3n) is 4.84. The molecule has 1 aliphatic heterocycles. The van der Waals surface area contributed by atoms with Crippen LogP contribution < -0.4 is 5.32 Å². The summed E-state index contributed by atoms with van der Waals surface area (Å²) in [6, 6.07) is 5.97. The first-order valence-corrected chi connectivity index (χ1v) is 8.72. The Morgan fingerprint density at radius 3 is 2.48 bits per heavy atom. The minimum absolute atomic E-state index is 0.0564. The summed E-state index contributed by atoms with van der Waals surface area (Å²) in [4.78, 5) is 2.61. The summed E-state index contributed by atoms with van der Waals surface area (Å²) in [5.41, 5.74) is 1.17. The molecule has 0 spiro atoms. The Morgan fingerprint density at radius 2 is 1.90 bits per heavy atom. The second-order valence-corrected chi connectivity index (χ2v) is 6.91. The molecule has 2 rings (SSSR count). The van der Waals surface area contributed by atoms with Crippen LogP contribution in [0.5, 0.6) is 0 Å². The van der Waals surface area contributed by atoms with E-state index in [9.17, 15) is 0 Å². The molecule has 1 fully saturated rings. The molecule has 0 radical (unpaired) electrons. The fourth-order valence-electron chi connectivity index (χ4n) is 3.44. The molecule has 0 aromatic heterocycles. The van der Waals surface area contributed by atoms with E-state index in [1.807, 2.05) is 18.2 Å². The topological polar surface area (TPSA) is 15.3 Å². The number of hydrogen-bond donors (Lipinski definition) is 1. The number of halogens is 2. The fourth-order valence-corrected chi connectivity index (χ4v) is 3.85. The van der Waals surface area contributed by atoms with Gasteiger partial charge in [0.2, 0.25) is 0 Å². The summed E-state index contributed by atoms with van der Waals surface area (Å²) >= 11 is 12.7. The van der Waals surface area contributed by atoms with E-state index in [0.717, 1.165) is 28.6 Å². The molecule has 2 nitrogen and oxygen atoms in total. The van der Waals surface area contributed by atoms with Gasteiger partial charge in [-0.15, -0.1) is 0 Å². The zero-order chi connectivity index (χ0) is 15.5. The van der Waals surface area contributed by atoms with Crippen LogP contribution in [0.3, 0.4) is 0 Å². The molecular weight excluding hydrogens is 303 g/mol. The third-order valence-corrected chi connectivity index (χ3v) is 5.42. The minimum atomic E-state index is 0.0564. The van der Waals surface area contributed by atoms with Crippen LogP contribution >= 0.6 is 23.2 Å². The van der Waals surface area contributed by atoms with Gasteiger partial charge in [0, 0.05) is 15.6 Å². The zero-order valence-electron chi connectivity index (χ0n) is 13.3. The van der Waals surface area contributed by atoms with Crippen molar-refractivity contribution in [3.8, 4) is 0 Å². The summed E-state index contributed by atoms with van der Waals surface area (Å²) in [5, 5.41) is 5.19. The van der Waals surface area contributed by atoms with Crippen molar-refractivity contribution in [1.82, 2.24) is 10.2 Å². The van der Waals surface area contributed by atoms with Gasteiger partial charge in [-0.05, 0) is 69.6 Å². The molecule has 2 unspecified atom stereocenters. The predicted octanol–water partition coefficient (Wildman–Crippen LogP) is 4.91. The molecule has 1 N–H and O–H groups in total. The van der Waals surface area contributed by atoms with Gasteiger partial charge in [0.05, 0.1) is 6.04 Å². The summed E-state index contributed by atoms with van der Waals surface area (Å²) in [5.74, 6) is 0. The van der Waals surface area contributed by atoms with Crippen LogP contribution in [0.1, 0.15) is 51.6 Å². The van der Waals surface area contributed by atoms with Crippen molar-refractivity contribution in [2.24, 2.45) is 0 Å². The molecule has 0 saturated carbocycles. The molecule has 1 aromatic carbocycles. The molecule has 21 heavy (non-hydrogen) atoms. The third kappa shape index (κ3) is 3.56. The normalized spacial score (nSPS) is 20.4. The average molecular weight is 329 g/mol. The molecular formula is C17H26Cl2N2. The van der Waals surface area contributed by atoms with Crippen LogP contribution in [0.15, 0.2) is 18.2 Å². The first-order valence-electron chi connectivity index (χ1n) is 7.96. The van der Waals surface area contributed by atoms with E-state index in [0.29, 0.717) is 0 Å².